The van der Waals surface area contributed by atoms with Gasteiger partial charge in [-0.15, -0.1) is 0 Å². The maximum atomic E-state index is 11.8. The molecule has 1 aromatic heterocycles. The molecule has 2 heterocycles. The molecule has 0 spiro atoms. The SMILES string of the molecule is COc1c(O)c(O)c(CO)c(C2CC(O)C3CCC(c4ccc(O)c(C5CC(C6CCCC6)CCC5C(O)CCC5(O)CCCC5)c4)CC3O2)c1Cc1cc[n-]c1. The molecule has 57 heavy (non-hydrogen) atoms. The van der Waals surface area contributed by atoms with Crippen LogP contribution in [0.2, 0.25) is 0 Å². The molecule has 8 rings (SSSR count). The number of methoxy groups -OCH3 is 1. The zero-order chi connectivity index (χ0) is 39.8. The summed E-state index contributed by atoms with van der Waals surface area (Å²) in [6.07, 6.45) is 17.1. The van der Waals surface area contributed by atoms with Gasteiger partial charge in [-0.1, -0.05) is 62.3 Å². The number of phenols is 3. The fraction of sp³-hybridized carbons (Fsp3) is 0.660. The Kier molecular flexibility index (Phi) is 12.2. The minimum Gasteiger partial charge on any atom is -0.670 e. The normalized spacial score (nSPS) is 31.0. The number of aromatic nitrogens is 1. The topological polar surface area (TPSA) is 174 Å². The number of aromatic hydroxyl groups is 3. The lowest BCUT2D eigenvalue weighted by molar-refractivity contribution is -0.154. The molecule has 5 aliphatic rings. The summed E-state index contributed by atoms with van der Waals surface area (Å²) in [5, 5.41) is 78.7. The van der Waals surface area contributed by atoms with E-state index in [9.17, 15) is 35.7 Å². The van der Waals surface area contributed by atoms with Crippen LogP contribution in [0, 0.1) is 23.7 Å². The molecule has 0 bridgehead atoms. The Bertz CT molecular complexity index is 1820. The van der Waals surface area contributed by atoms with Gasteiger partial charge in [-0.25, -0.2) is 0 Å². The van der Waals surface area contributed by atoms with Crippen molar-refractivity contribution in [3.05, 3.63) is 70.0 Å². The van der Waals surface area contributed by atoms with E-state index in [-0.39, 0.29) is 53.3 Å². The molecule has 7 N–H and O–H groups in total. The van der Waals surface area contributed by atoms with Crippen LogP contribution in [0.4, 0.5) is 0 Å². The van der Waals surface area contributed by atoms with Crippen LogP contribution >= 0.6 is 0 Å². The summed E-state index contributed by atoms with van der Waals surface area (Å²) in [7, 11) is 1.43. The summed E-state index contributed by atoms with van der Waals surface area (Å²) >= 11 is 0. The van der Waals surface area contributed by atoms with Gasteiger partial charge >= 0.3 is 0 Å². The number of phenolic OH excluding ortho intramolecular Hbond substituents is 2. The third kappa shape index (κ3) is 8.19. The summed E-state index contributed by atoms with van der Waals surface area (Å²) in [5.74, 6) is 0.844. The highest BCUT2D eigenvalue weighted by atomic mass is 16.5. The van der Waals surface area contributed by atoms with Crippen LogP contribution in [0.5, 0.6) is 23.0 Å². The molecule has 1 saturated heterocycles. The van der Waals surface area contributed by atoms with Crippen molar-refractivity contribution in [1.82, 2.24) is 4.98 Å². The first-order chi connectivity index (χ1) is 27.6. The van der Waals surface area contributed by atoms with Crippen molar-refractivity contribution >= 4 is 0 Å². The summed E-state index contributed by atoms with van der Waals surface area (Å²) in [6, 6.07) is 7.92. The van der Waals surface area contributed by atoms with E-state index in [1.165, 1.54) is 32.8 Å². The van der Waals surface area contributed by atoms with Crippen molar-refractivity contribution in [3.63, 3.8) is 0 Å². The molecule has 5 fully saturated rings. The van der Waals surface area contributed by atoms with Gasteiger partial charge in [-0.05, 0) is 123 Å². The predicted molar refractivity (Wildman–Crippen MR) is 215 cm³/mol. The van der Waals surface area contributed by atoms with Crippen molar-refractivity contribution in [3.8, 4) is 23.0 Å². The zero-order valence-electron chi connectivity index (χ0n) is 33.6. The second-order valence-corrected chi connectivity index (χ2v) is 18.5. The Morgan fingerprint density at radius 1 is 0.895 bits per heavy atom. The van der Waals surface area contributed by atoms with Crippen molar-refractivity contribution < 1.29 is 45.2 Å². The number of ether oxygens (including phenoxy) is 2. The maximum absolute atomic E-state index is 11.8. The standard InChI is InChI=1S/C47H64NO9/c1-56-46-36(20-27-15-19-48-25-27)43(37(26-49)44(53)45(46)54)42-24-40(52)33-12-9-31(23-41(33)57-42)30-10-13-38(50)35(22-30)34-21-29(28-6-2-3-7-28)8-11-32(34)39(51)14-18-47(55)16-4-5-17-47/h10,13,15,19,22,25,28-29,31-34,39-42,49-55H,2-9,11-12,14,16-18,20-21,23-24,26H2,1H3/q-1. The third-order valence-electron chi connectivity index (χ3n) is 15.3. The van der Waals surface area contributed by atoms with Crippen molar-refractivity contribution in [2.24, 2.45) is 23.7 Å². The second kappa shape index (κ2) is 17.1. The van der Waals surface area contributed by atoms with Gasteiger partial charge in [0, 0.05) is 23.5 Å². The van der Waals surface area contributed by atoms with Gasteiger partial charge < -0.3 is 50.2 Å². The average molecular weight is 787 g/mol. The van der Waals surface area contributed by atoms with Crippen LogP contribution in [-0.2, 0) is 17.8 Å². The highest BCUT2D eigenvalue weighted by Gasteiger charge is 2.45. The number of hydrogen-bond donors (Lipinski definition) is 7. The fourth-order valence-electron chi connectivity index (χ4n) is 12.2. The van der Waals surface area contributed by atoms with Gasteiger partial charge in [0.1, 0.15) is 5.75 Å². The molecule has 0 radical (unpaired) electrons. The van der Waals surface area contributed by atoms with Gasteiger partial charge in [-0.2, -0.15) is 12.4 Å². The van der Waals surface area contributed by atoms with Gasteiger partial charge in [0.25, 0.3) is 0 Å². The first-order valence-electron chi connectivity index (χ1n) is 21.9. The summed E-state index contributed by atoms with van der Waals surface area (Å²) in [5.41, 5.74) is 3.52. The van der Waals surface area contributed by atoms with Gasteiger partial charge in [-0.3, -0.25) is 0 Å². The molecule has 3 aromatic rings. The number of nitrogens with zero attached hydrogens (tertiary/aromatic N) is 1. The molecular formula is C47H64NO9-. The van der Waals surface area contributed by atoms with Crippen LogP contribution in [0.3, 0.4) is 0 Å². The molecule has 1 aliphatic heterocycles. The molecule has 4 saturated carbocycles. The Labute approximate surface area is 337 Å². The number of hydrogen-bond acceptors (Lipinski definition) is 9. The zero-order valence-corrected chi connectivity index (χ0v) is 33.6. The van der Waals surface area contributed by atoms with Crippen LogP contribution in [0.15, 0.2) is 36.7 Å². The first kappa shape index (κ1) is 40.5. The minimum atomic E-state index is -0.675. The van der Waals surface area contributed by atoms with E-state index in [1.54, 1.807) is 12.4 Å². The molecule has 10 nitrogen and oxygen atoms in total. The van der Waals surface area contributed by atoms with E-state index in [0.29, 0.717) is 48.6 Å². The molecule has 0 amide bonds. The van der Waals surface area contributed by atoms with E-state index in [2.05, 4.69) is 11.1 Å². The minimum absolute atomic E-state index is 0.0138. The summed E-state index contributed by atoms with van der Waals surface area (Å²) < 4.78 is 12.6. The molecule has 312 valence electrons. The Hall–Kier alpha value is -3.28. The molecule has 9 atom stereocenters. The van der Waals surface area contributed by atoms with Crippen molar-refractivity contribution in [2.45, 2.75) is 164 Å². The number of fused-ring (bicyclic) bond motifs is 1. The van der Waals surface area contributed by atoms with Gasteiger partial charge in [0.2, 0.25) is 5.75 Å². The number of benzene rings is 2. The van der Waals surface area contributed by atoms with Gasteiger partial charge in [0.05, 0.1) is 43.7 Å². The second-order valence-electron chi connectivity index (χ2n) is 18.5. The fourth-order valence-corrected chi connectivity index (χ4v) is 12.2. The number of aliphatic hydroxyl groups excluding tert-OH is 3. The average Bonchev–Trinajstić information content (AvgIpc) is 4.03. The van der Waals surface area contributed by atoms with Gasteiger partial charge in [0.15, 0.2) is 11.5 Å². The monoisotopic (exact) mass is 786 g/mol. The lowest BCUT2D eigenvalue weighted by atomic mass is 9.64. The largest absolute Gasteiger partial charge is 0.670 e. The molecule has 9 unspecified atom stereocenters. The smallest absolute Gasteiger partial charge is 0.201 e. The predicted octanol–water partition coefficient (Wildman–Crippen LogP) is 7.76. The number of rotatable bonds is 12. The quantitative estimate of drug-likeness (QED) is 0.0900. The van der Waals surface area contributed by atoms with E-state index >= 15 is 0 Å². The van der Waals surface area contributed by atoms with E-state index in [0.717, 1.165) is 74.5 Å². The van der Waals surface area contributed by atoms with E-state index < -0.39 is 42.0 Å². The Morgan fingerprint density at radius 3 is 2.40 bits per heavy atom. The van der Waals surface area contributed by atoms with E-state index in [1.807, 2.05) is 18.2 Å². The van der Waals surface area contributed by atoms with Crippen LogP contribution in [0.1, 0.15) is 160 Å². The van der Waals surface area contributed by atoms with Crippen LogP contribution in [-0.4, -0.2) is 66.8 Å². The maximum Gasteiger partial charge on any atom is 0.201 e. The van der Waals surface area contributed by atoms with Crippen LogP contribution < -0.4 is 9.72 Å². The Balaban J connectivity index is 1.06. The molecular weight excluding hydrogens is 723 g/mol. The third-order valence-corrected chi connectivity index (χ3v) is 15.3. The highest BCUT2D eigenvalue weighted by molar-refractivity contribution is 5.64. The molecule has 4 aliphatic carbocycles. The lowest BCUT2D eigenvalue weighted by Crippen LogP contribution is -2.44. The molecule has 10 heteroatoms. The highest BCUT2D eigenvalue weighted by Crippen LogP contribution is 2.54. The van der Waals surface area contributed by atoms with Crippen LogP contribution in [0.25, 0.3) is 0 Å². The summed E-state index contributed by atoms with van der Waals surface area (Å²) in [6.45, 7) is -0.534. The van der Waals surface area contributed by atoms with E-state index in [4.69, 9.17) is 9.47 Å². The van der Waals surface area contributed by atoms with Crippen molar-refractivity contribution in [2.75, 3.05) is 7.11 Å². The lowest BCUT2D eigenvalue weighted by Gasteiger charge is -2.46. The first-order valence-corrected chi connectivity index (χ1v) is 21.9. The number of aliphatic hydroxyl groups is 4. The Morgan fingerprint density at radius 2 is 1.68 bits per heavy atom. The van der Waals surface area contributed by atoms with Crippen molar-refractivity contribution in [1.29, 1.82) is 0 Å². The molecule has 2 aromatic carbocycles. The summed E-state index contributed by atoms with van der Waals surface area (Å²) in [4.78, 5) is 4.19.